The maximum Gasteiger partial charge on any atom is 0.307 e. The van der Waals surface area contributed by atoms with Crippen molar-refractivity contribution in [3.05, 3.63) is 64.7 Å². The molecule has 0 aliphatic carbocycles. The monoisotopic (exact) mass is 358 g/mol. The fraction of sp³-hybridized carbons (Fsp3) is 0.263. The number of halogens is 1. The number of hydrogen-bond donors (Lipinski definition) is 1. The van der Waals surface area contributed by atoms with E-state index in [1.807, 2.05) is 29.2 Å². The summed E-state index contributed by atoms with van der Waals surface area (Å²) in [6.45, 7) is 2.80. The van der Waals surface area contributed by atoms with Gasteiger partial charge in [0.25, 0.3) is 5.91 Å². The van der Waals surface area contributed by atoms with Gasteiger partial charge in [0.1, 0.15) is 0 Å². The molecule has 0 aromatic heterocycles. The van der Waals surface area contributed by atoms with Gasteiger partial charge in [0.15, 0.2) is 0 Å². The highest BCUT2D eigenvalue weighted by Gasteiger charge is 2.22. The molecule has 3 rings (SSSR count). The van der Waals surface area contributed by atoms with Crippen LogP contribution in [0.1, 0.15) is 15.9 Å². The first-order valence-electron chi connectivity index (χ1n) is 8.13. The Kier molecular flexibility index (Phi) is 5.24. The highest BCUT2D eigenvalue weighted by Crippen LogP contribution is 2.19. The Labute approximate surface area is 151 Å². The van der Waals surface area contributed by atoms with Gasteiger partial charge < -0.3 is 14.9 Å². The Hall–Kier alpha value is -2.53. The number of aliphatic carboxylic acids is 1. The zero-order chi connectivity index (χ0) is 17.8. The van der Waals surface area contributed by atoms with Gasteiger partial charge in [-0.15, -0.1) is 0 Å². The van der Waals surface area contributed by atoms with Crippen LogP contribution in [0, 0.1) is 0 Å². The van der Waals surface area contributed by atoms with Crippen LogP contribution >= 0.6 is 11.6 Å². The van der Waals surface area contributed by atoms with Gasteiger partial charge in [0.05, 0.1) is 6.42 Å². The highest BCUT2D eigenvalue weighted by atomic mass is 35.5. The molecule has 1 aliphatic heterocycles. The van der Waals surface area contributed by atoms with Crippen molar-refractivity contribution in [3.63, 3.8) is 0 Å². The second-order valence-electron chi connectivity index (χ2n) is 6.02. The number of carbonyl (C=O) groups excluding carboxylic acids is 1. The number of carbonyl (C=O) groups is 2. The molecule has 0 atom stereocenters. The molecular weight excluding hydrogens is 340 g/mol. The van der Waals surface area contributed by atoms with Crippen molar-refractivity contribution < 1.29 is 14.7 Å². The Morgan fingerprint density at radius 2 is 1.52 bits per heavy atom. The van der Waals surface area contributed by atoms with Crippen molar-refractivity contribution in [3.8, 4) is 0 Å². The molecule has 2 aromatic rings. The third-order valence-corrected chi connectivity index (χ3v) is 4.57. The number of rotatable bonds is 4. The van der Waals surface area contributed by atoms with E-state index in [-0.39, 0.29) is 12.3 Å². The summed E-state index contributed by atoms with van der Waals surface area (Å²) in [5, 5.41) is 9.44. The van der Waals surface area contributed by atoms with E-state index >= 15 is 0 Å². The van der Waals surface area contributed by atoms with Crippen LogP contribution in [-0.2, 0) is 11.2 Å². The molecule has 0 saturated carbocycles. The molecule has 6 heteroatoms. The molecule has 25 heavy (non-hydrogen) atoms. The number of anilines is 1. The van der Waals surface area contributed by atoms with Gasteiger partial charge in [-0.1, -0.05) is 23.7 Å². The van der Waals surface area contributed by atoms with E-state index in [4.69, 9.17) is 16.7 Å². The molecule has 1 fully saturated rings. The minimum atomic E-state index is -0.831. The quantitative estimate of drug-likeness (QED) is 0.912. The first kappa shape index (κ1) is 17.3. The van der Waals surface area contributed by atoms with Gasteiger partial charge in [0, 0.05) is 42.5 Å². The average molecular weight is 359 g/mol. The lowest BCUT2D eigenvalue weighted by atomic mass is 10.1. The number of piperazine rings is 1. The number of amides is 1. The molecule has 2 aromatic carbocycles. The molecule has 1 aliphatic rings. The zero-order valence-electron chi connectivity index (χ0n) is 13.7. The lowest BCUT2D eigenvalue weighted by Gasteiger charge is -2.36. The van der Waals surface area contributed by atoms with Gasteiger partial charge in [-0.3, -0.25) is 9.59 Å². The molecule has 1 amide bonds. The van der Waals surface area contributed by atoms with E-state index in [0.29, 0.717) is 23.7 Å². The molecule has 1 N–H and O–H groups in total. The molecular formula is C19H19ClN2O3. The summed E-state index contributed by atoms with van der Waals surface area (Å²) in [5.41, 5.74) is 2.48. The second kappa shape index (κ2) is 7.57. The standard InChI is InChI=1S/C19H19ClN2O3/c20-16-5-3-15(4-6-16)19(25)22-11-9-21(10-12-22)17-7-1-14(2-8-17)13-18(23)24/h1-8H,9-13H2,(H,23,24). The number of hydrogen-bond acceptors (Lipinski definition) is 3. The first-order chi connectivity index (χ1) is 12.0. The van der Waals surface area contributed by atoms with Crippen LogP contribution in [0.25, 0.3) is 0 Å². The molecule has 0 spiro atoms. The summed E-state index contributed by atoms with van der Waals surface area (Å²) in [4.78, 5) is 27.3. The van der Waals surface area contributed by atoms with Crippen molar-refractivity contribution in [1.29, 1.82) is 0 Å². The van der Waals surface area contributed by atoms with E-state index < -0.39 is 5.97 Å². The number of carboxylic acids is 1. The van der Waals surface area contributed by atoms with Crippen LogP contribution in [-0.4, -0.2) is 48.1 Å². The molecule has 5 nitrogen and oxygen atoms in total. The third kappa shape index (κ3) is 4.31. The van der Waals surface area contributed by atoms with Crippen molar-refractivity contribution in [2.75, 3.05) is 31.1 Å². The summed E-state index contributed by atoms with van der Waals surface area (Å²) in [5.74, 6) is -0.810. The van der Waals surface area contributed by atoms with E-state index in [1.165, 1.54) is 0 Å². The predicted molar refractivity (Wildman–Crippen MR) is 97.4 cm³/mol. The summed E-state index contributed by atoms with van der Waals surface area (Å²) >= 11 is 5.86. The molecule has 0 unspecified atom stereocenters. The van der Waals surface area contributed by atoms with E-state index in [1.54, 1.807) is 24.3 Å². The Bertz CT molecular complexity index is 751. The van der Waals surface area contributed by atoms with Crippen LogP contribution in [0.4, 0.5) is 5.69 Å². The molecule has 130 valence electrons. The second-order valence-corrected chi connectivity index (χ2v) is 6.46. The van der Waals surface area contributed by atoms with Crippen molar-refractivity contribution in [2.24, 2.45) is 0 Å². The van der Waals surface area contributed by atoms with Crippen molar-refractivity contribution >= 4 is 29.2 Å². The summed E-state index contributed by atoms with van der Waals surface area (Å²) < 4.78 is 0. The normalized spacial score (nSPS) is 14.4. The Balaban J connectivity index is 1.58. The van der Waals surface area contributed by atoms with Crippen LogP contribution in [0.3, 0.4) is 0 Å². The minimum Gasteiger partial charge on any atom is -0.481 e. The fourth-order valence-corrected chi connectivity index (χ4v) is 3.07. The van der Waals surface area contributed by atoms with Gasteiger partial charge in [0.2, 0.25) is 0 Å². The van der Waals surface area contributed by atoms with Gasteiger partial charge in [-0.25, -0.2) is 0 Å². The number of benzene rings is 2. The largest absolute Gasteiger partial charge is 0.481 e. The summed E-state index contributed by atoms with van der Waals surface area (Å²) in [7, 11) is 0. The molecule has 1 heterocycles. The number of carboxylic acid groups (broad SMARTS) is 1. The maximum atomic E-state index is 12.5. The molecule has 0 bridgehead atoms. The van der Waals surface area contributed by atoms with Gasteiger partial charge in [-0.05, 0) is 42.0 Å². The summed E-state index contributed by atoms with van der Waals surface area (Å²) in [6, 6.07) is 14.5. The molecule has 1 saturated heterocycles. The van der Waals surface area contributed by atoms with Crippen LogP contribution in [0.15, 0.2) is 48.5 Å². The topological polar surface area (TPSA) is 60.9 Å². The van der Waals surface area contributed by atoms with Crippen LogP contribution in [0.5, 0.6) is 0 Å². The maximum absolute atomic E-state index is 12.5. The Morgan fingerprint density at radius 1 is 0.920 bits per heavy atom. The van der Waals surface area contributed by atoms with E-state index in [0.717, 1.165) is 24.3 Å². The fourth-order valence-electron chi connectivity index (χ4n) is 2.94. The van der Waals surface area contributed by atoms with Crippen LogP contribution < -0.4 is 4.90 Å². The molecule has 0 radical (unpaired) electrons. The lowest BCUT2D eigenvalue weighted by Crippen LogP contribution is -2.48. The van der Waals surface area contributed by atoms with Crippen LogP contribution in [0.2, 0.25) is 5.02 Å². The van der Waals surface area contributed by atoms with Crippen molar-refractivity contribution in [1.82, 2.24) is 4.90 Å². The average Bonchev–Trinajstić information content (AvgIpc) is 2.62. The SMILES string of the molecule is O=C(O)Cc1ccc(N2CCN(C(=O)c3ccc(Cl)cc3)CC2)cc1. The highest BCUT2D eigenvalue weighted by molar-refractivity contribution is 6.30. The first-order valence-corrected chi connectivity index (χ1v) is 8.51. The lowest BCUT2D eigenvalue weighted by molar-refractivity contribution is -0.136. The van der Waals surface area contributed by atoms with E-state index in [9.17, 15) is 9.59 Å². The third-order valence-electron chi connectivity index (χ3n) is 4.31. The van der Waals surface area contributed by atoms with E-state index in [2.05, 4.69) is 4.90 Å². The smallest absolute Gasteiger partial charge is 0.307 e. The Morgan fingerprint density at radius 3 is 2.08 bits per heavy atom. The summed E-state index contributed by atoms with van der Waals surface area (Å²) in [6.07, 6.45) is 0.0314. The van der Waals surface area contributed by atoms with Gasteiger partial charge >= 0.3 is 5.97 Å². The predicted octanol–water partition coefficient (Wildman–Crippen LogP) is 2.93. The zero-order valence-corrected chi connectivity index (χ0v) is 14.4. The number of nitrogens with zero attached hydrogens (tertiary/aromatic N) is 2. The van der Waals surface area contributed by atoms with Crippen molar-refractivity contribution in [2.45, 2.75) is 6.42 Å². The minimum absolute atomic E-state index is 0.0214. The van der Waals surface area contributed by atoms with Gasteiger partial charge in [-0.2, -0.15) is 0 Å².